The highest BCUT2D eigenvalue weighted by molar-refractivity contribution is 9.10. The summed E-state index contributed by atoms with van der Waals surface area (Å²) in [6.45, 7) is 1.74. The van der Waals surface area contributed by atoms with Crippen molar-refractivity contribution in [3.8, 4) is 11.5 Å². The van der Waals surface area contributed by atoms with E-state index in [1.807, 2.05) is 24.3 Å². The van der Waals surface area contributed by atoms with Crippen LogP contribution in [-0.2, 0) is 13.1 Å². The summed E-state index contributed by atoms with van der Waals surface area (Å²) >= 11 is 3.48. The first-order valence-corrected chi connectivity index (χ1v) is 6.43. The quantitative estimate of drug-likeness (QED) is 0.942. The minimum absolute atomic E-state index is 0.289. The van der Waals surface area contributed by atoms with Gasteiger partial charge in [-0.1, -0.05) is 0 Å². The second-order valence-electron chi connectivity index (χ2n) is 3.99. The molecule has 1 aliphatic rings. The maximum absolute atomic E-state index is 5.37. The highest BCUT2D eigenvalue weighted by Crippen LogP contribution is 2.39. The van der Waals surface area contributed by atoms with Gasteiger partial charge in [0.25, 0.3) is 0 Å². The second-order valence-corrected chi connectivity index (χ2v) is 4.85. The SMILES string of the molecule is Brc1cc(CNCc2ccco2)cc2c1OCO2. The highest BCUT2D eigenvalue weighted by atomic mass is 79.9. The average molecular weight is 310 g/mol. The molecule has 0 saturated heterocycles. The van der Waals surface area contributed by atoms with E-state index in [0.29, 0.717) is 6.54 Å². The monoisotopic (exact) mass is 309 g/mol. The van der Waals surface area contributed by atoms with Crippen LogP contribution in [-0.4, -0.2) is 6.79 Å². The van der Waals surface area contributed by atoms with Crippen LogP contribution in [0.4, 0.5) is 0 Å². The second kappa shape index (κ2) is 5.04. The van der Waals surface area contributed by atoms with Crippen molar-refractivity contribution in [1.29, 1.82) is 0 Å². The fourth-order valence-electron chi connectivity index (χ4n) is 1.87. The van der Waals surface area contributed by atoms with Gasteiger partial charge in [-0.25, -0.2) is 0 Å². The van der Waals surface area contributed by atoms with E-state index < -0.39 is 0 Å². The minimum Gasteiger partial charge on any atom is -0.468 e. The van der Waals surface area contributed by atoms with Gasteiger partial charge in [-0.2, -0.15) is 0 Å². The van der Waals surface area contributed by atoms with Crippen molar-refractivity contribution in [2.45, 2.75) is 13.1 Å². The number of hydrogen-bond donors (Lipinski definition) is 1. The fourth-order valence-corrected chi connectivity index (χ4v) is 2.47. The first-order chi connectivity index (χ1) is 8.83. The van der Waals surface area contributed by atoms with E-state index in [-0.39, 0.29) is 6.79 Å². The Morgan fingerprint density at radius 2 is 2.17 bits per heavy atom. The van der Waals surface area contributed by atoms with Gasteiger partial charge in [0, 0.05) is 6.54 Å². The molecule has 0 fully saturated rings. The van der Waals surface area contributed by atoms with E-state index in [9.17, 15) is 0 Å². The molecule has 18 heavy (non-hydrogen) atoms. The lowest BCUT2D eigenvalue weighted by molar-refractivity contribution is 0.173. The Morgan fingerprint density at radius 3 is 3.00 bits per heavy atom. The van der Waals surface area contributed by atoms with Crippen molar-refractivity contribution in [3.63, 3.8) is 0 Å². The van der Waals surface area contributed by atoms with Crippen molar-refractivity contribution in [2.75, 3.05) is 6.79 Å². The third-order valence-corrected chi connectivity index (χ3v) is 3.28. The maximum atomic E-state index is 5.37. The first kappa shape index (κ1) is 11.6. The minimum atomic E-state index is 0.289. The Morgan fingerprint density at radius 1 is 1.22 bits per heavy atom. The molecular weight excluding hydrogens is 298 g/mol. The molecule has 0 unspecified atom stereocenters. The molecule has 0 atom stereocenters. The molecule has 3 rings (SSSR count). The molecule has 5 heteroatoms. The van der Waals surface area contributed by atoms with Crippen molar-refractivity contribution in [2.24, 2.45) is 0 Å². The summed E-state index contributed by atoms with van der Waals surface area (Å²) < 4.78 is 16.9. The number of furan rings is 1. The summed E-state index contributed by atoms with van der Waals surface area (Å²) in [5, 5.41) is 3.31. The average Bonchev–Trinajstić information content (AvgIpc) is 2.99. The van der Waals surface area contributed by atoms with Crippen LogP contribution >= 0.6 is 15.9 Å². The molecule has 94 valence electrons. The van der Waals surface area contributed by atoms with Crippen molar-refractivity contribution >= 4 is 15.9 Å². The lowest BCUT2D eigenvalue weighted by Gasteiger charge is -2.06. The highest BCUT2D eigenvalue weighted by Gasteiger charge is 2.17. The van der Waals surface area contributed by atoms with Gasteiger partial charge in [0.2, 0.25) is 6.79 Å². The van der Waals surface area contributed by atoms with Gasteiger partial charge in [0.1, 0.15) is 5.76 Å². The standard InChI is InChI=1S/C13H12BrNO3/c14-11-4-9(5-12-13(11)18-8-17-12)6-15-7-10-2-1-3-16-10/h1-5,15H,6-8H2. The molecule has 0 bridgehead atoms. The molecule has 1 aromatic carbocycles. The number of rotatable bonds is 4. The third kappa shape index (κ3) is 2.37. The summed E-state index contributed by atoms with van der Waals surface area (Å²) in [6, 6.07) is 7.85. The predicted molar refractivity (Wildman–Crippen MR) is 69.5 cm³/mol. The molecule has 1 aliphatic heterocycles. The summed E-state index contributed by atoms with van der Waals surface area (Å²) in [5.74, 6) is 2.50. The largest absolute Gasteiger partial charge is 0.468 e. The Bertz CT molecular complexity index is 539. The van der Waals surface area contributed by atoms with Gasteiger partial charge in [-0.05, 0) is 45.8 Å². The fraction of sp³-hybridized carbons (Fsp3) is 0.231. The van der Waals surface area contributed by atoms with Crippen LogP contribution in [0, 0.1) is 0 Å². The number of ether oxygens (including phenoxy) is 2. The Hall–Kier alpha value is -1.46. The van der Waals surface area contributed by atoms with Crippen molar-refractivity contribution < 1.29 is 13.9 Å². The van der Waals surface area contributed by atoms with Crippen molar-refractivity contribution in [1.82, 2.24) is 5.32 Å². The number of hydrogen-bond acceptors (Lipinski definition) is 4. The van der Waals surface area contributed by atoms with Crippen LogP contribution in [0.15, 0.2) is 39.4 Å². The van der Waals surface area contributed by atoms with Crippen LogP contribution in [0.2, 0.25) is 0 Å². The lowest BCUT2D eigenvalue weighted by Crippen LogP contribution is -2.12. The van der Waals surface area contributed by atoms with Gasteiger partial charge in [0.15, 0.2) is 11.5 Å². The van der Waals surface area contributed by atoms with E-state index in [4.69, 9.17) is 13.9 Å². The molecule has 1 aromatic heterocycles. The predicted octanol–water partition coefficient (Wildman–Crippen LogP) is 3.06. The van der Waals surface area contributed by atoms with E-state index in [1.165, 1.54) is 0 Å². The Labute approximate surface area is 113 Å². The number of nitrogens with one attached hydrogen (secondary N) is 1. The maximum Gasteiger partial charge on any atom is 0.231 e. The first-order valence-electron chi connectivity index (χ1n) is 5.64. The Kier molecular flexibility index (Phi) is 3.25. The zero-order valence-electron chi connectivity index (χ0n) is 9.61. The summed E-state index contributed by atoms with van der Waals surface area (Å²) in [6.07, 6.45) is 1.67. The van der Waals surface area contributed by atoms with Crippen LogP contribution < -0.4 is 14.8 Å². The molecule has 0 spiro atoms. The third-order valence-electron chi connectivity index (χ3n) is 2.70. The Balaban J connectivity index is 1.65. The molecule has 0 radical (unpaired) electrons. The topological polar surface area (TPSA) is 43.6 Å². The van der Waals surface area contributed by atoms with Gasteiger partial charge >= 0.3 is 0 Å². The zero-order chi connectivity index (χ0) is 12.4. The number of benzene rings is 1. The molecule has 2 heterocycles. The van der Waals surface area contributed by atoms with Crippen LogP contribution in [0.5, 0.6) is 11.5 Å². The molecule has 0 aliphatic carbocycles. The summed E-state index contributed by atoms with van der Waals surface area (Å²) in [5.41, 5.74) is 1.14. The van der Waals surface area contributed by atoms with E-state index in [1.54, 1.807) is 6.26 Å². The molecule has 2 aromatic rings. The molecule has 1 N–H and O–H groups in total. The van der Waals surface area contributed by atoms with Crippen LogP contribution in [0.3, 0.4) is 0 Å². The zero-order valence-corrected chi connectivity index (χ0v) is 11.2. The molecule has 0 saturated carbocycles. The van der Waals surface area contributed by atoms with Gasteiger partial charge in [-0.3, -0.25) is 0 Å². The van der Waals surface area contributed by atoms with Crippen LogP contribution in [0.25, 0.3) is 0 Å². The molecule has 4 nitrogen and oxygen atoms in total. The molecule has 0 amide bonds. The van der Waals surface area contributed by atoms with Crippen LogP contribution in [0.1, 0.15) is 11.3 Å². The number of halogens is 1. The normalized spacial score (nSPS) is 12.9. The van der Waals surface area contributed by atoms with Gasteiger partial charge in [0.05, 0.1) is 17.3 Å². The van der Waals surface area contributed by atoms with E-state index in [2.05, 4.69) is 21.2 Å². The van der Waals surface area contributed by atoms with E-state index in [0.717, 1.165) is 33.8 Å². The smallest absolute Gasteiger partial charge is 0.231 e. The van der Waals surface area contributed by atoms with E-state index >= 15 is 0 Å². The summed E-state index contributed by atoms with van der Waals surface area (Å²) in [4.78, 5) is 0. The van der Waals surface area contributed by atoms with Gasteiger partial charge in [-0.15, -0.1) is 0 Å². The van der Waals surface area contributed by atoms with Gasteiger partial charge < -0.3 is 19.2 Å². The lowest BCUT2D eigenvalue weighted by atomic mass is 10.2. The summed E-state index contributed by atoms with van der Waals surface area (Å²) in [7, 11) is 0. The number of fused-ring (bicyclic) bond motifs is 1. The van der Waals surface area contributed by atoms with Crippen molar-refractivity contribution in [3.05, 3.63) is 46.3 Å². The molecular formula is C13H12BrNO3.